The van der Waals surface area contributed by atoms with Gasteiger partial charge < -0.3 is 4.74 Å². The normalized spacial score (nSPS) is 12.9. The Hall–Kier alpha value is -7.50. The van der Waals surface area contributed by atoms with Crippen LogP contribution in [0, 0.1) is 0 Å². The van der Waals surface area contributed by atoms with E-state index in [1.807, 2.05) is 72.8 Å². The van der Waals surface area contributed by atoms with E-state index in [1.165, 1.54) is 22.3 Å². The lowest BCUT2D eigenvalue weighted by Crippen LogP contribution is -2.32. The molecule has 2 aromatic heterocycles. The predicted octanol–water partition coefficient (Wildman–Crippen LogP) is 12.1. The highest BCUT2D eigenvalue weighted by molar-refractivity contribution is 5.89. The van der Waals surface area contributed by atoms with Crippen molar-refractivity contribution < 1.29 is 4.74 Å². The Morgan fingerprint density at radius 1 is 0.304 bits per heavy atom. The van der Waals surface area contributed by atoms with Crippen molar-refractivity contribution in [3.63, 3.8) is 0 Å². The van der Waals surface area contributed by atoms with Crippen LogP contribution in [-0.2, 0) is 5.41 Å². The molecule has 1 aliphatic carbocycles. The molecule has 5 nitrogen and oxygen atoms in total. The van der Waals surface area contributed by atoms with E-state index in [-0.39, 0.29) is 0 Å². The lowest BCUT2D eigenvalue weighted by molar-refractivity contribution is 0.436. The second-order valence-electron chi connectivity index (χ2n) is 14.2. The van der Waals surface area contributed by atoms with Crippen molar-refractivity contribution in [2.75, 3.05) is 0 Å². The molecule has 0 radical (unpaired) electrons. The number of rotatable bonds is 5. The van der Waals surface area contributed by atoms with Gasteiger partial charge in [0.1, 0.15) is 11.5 Å². The van der Waals surface area contributed by atoms with Crippen molar-refractivity contribution >= 4 is 0 Å². The Balaban J connectivity index is 1.15. The number of para-hydroxylation sites is 1. The predicted molar refractivity (Wildman–Crippen MR) is 222 cm³/mol. The molecule has 0 saturated carbocycles. The quantitative estimate of drug-likeness (QED) is 0.177. The van der Waals surface area contributed by atoms with Gasteiger partial charge in [0, 0.05) is 38.9 Å². The second-order valence-corrected chi connectivity index (χ2v) is 14.2. The highest BCUT2D eigenvalue weighted by Crippen LogP contribution is 2.62. The van der Waals surface area contributed by atoms with E-state index in [4.69, 9.17) is 24.7 Å². The van der Waals surface area contributed by atoms with Crippen molar-refractivity contribution in [3.05, 3.63) is 216 Å². The molecule has 0 amide bonds. The minimum atomic E-state index is -0.605. The largest absolute Gasteiger partial charge is 0.457 e. The topological polar surface area (TPSA) is 60.8 Å². The van der Waals surface area contributed by atoms with Crippen molar-refractivity contribution in [1.82, 2.24) is 19.9 Å². The molecule has 0 atom stereocenters. The van der Waals surface area contributed by atoms with Gasteiger partial charge >= 0.3 is 0 Å². The third-order valence-corrected chi connectivity index (χ3v) is 11.0. The number of hydrogen-bond acceptors (Lipinski definition) is 5. The number of ether oxygens (including phenoxy) is 1. The first-order valence-electron chi connectivity index (χ1n) is 18.8. The van der Waals surface area contributed by atoms with E-state index in [9.17, 15) is 0 Å². The molecule has 7 aromatic carbocycles. The molecule has 1 spiro atoms. The monoisotopic (exact) mass is 716 g/mol. The van der Waals surface area contributed by atoms with Crippen LogP contribution in [0.25, 0.3) is 67.8 Å². The highest BCUT2D eigenvalue weighted by Gasteiger charge is 2.51. The zero-order valence-corrected chi connectivity index (χ0v) is 30.2. The van der Waals surface area contributed by atoms with Crippen LogP contribution < -0.4 is 4.74 Å². The van der Waals surface area contributed by atoms with E-state index in [2.05, 4.69) is 121 Å². The summed E-state index contributed by atoms with van der Waals surface area (Å²) in [5, 5.41) is 0. The molecule has 3 heterocycles. The Bertz CT molecular complexity index is 2840. The maximum atomic E-state index is 6.72. The lowest BCUT2D eigenvalue weighted by Gasteiger charge is -2.39. The fourth-order valence-corrected chi connectivity index (χ4v) is 8.52. The molecule has 0 saturated heterocycles. The van der Waals surface area contributed by atoms with Gasteiger partial charge in [-0.05, 0) is 58.7 Å². The summed E-state index contributed by atoms with van der Waals surface area (Å²) in [6.45, 7) is 0. The molecule has 9 aromatic rings. The Labute approximate surface area is 324 Å². The van der Waals surface area contributed by atoms with Crippen molar-refractivity contribution in [1.29, 1.82) is 0 Å². The van der Waals surface area contributed by atoms with E-state index in [0.29, 0.717) is 17.5 Å². The zero-order valence-electron chi connectivity index (χ0n) is 30.2. The summed E-state index contributed by atoms with van der Waals surface area (Å²) < 4.78 is 6.72. The van der Waals surface area contributed by atoms with Crippen LogP contribution in [-0.4, -0.2) is 19.9 Å². The van der Waals surface area contributed by atoms with Crippen LogP contribution in [0.15, 0.2) is 194 Å². The number of pyridine rings is 1. The number of aromatic nitrogens is 4. The van der Waals surface area contributed by atoms with Crippen LogP contribution in [0.5, 0.6) is 11.5 Å². The molecule has 5 heteroatoms. The van der Waals surface area contributed by atoms with Crippen molar-refractivity contribution in [3.8, 4) is 79.3 Å². The van der Waals surface area contributed by atoms with Gasteiger partial charge in [0.15, 0.2) is 17.5 Å². The number of benzene rings is 7. The SMILES string of the molecule is c1ccc(-c2cc(-c3nc(-c4ccccc4)nc(-c4ccc5c(c4)C4(c6ccccc6O5)c5ccccc5-c5ccccc54)n3)cc(-c3ccccc3)n2)cc1. The minimum absolute atomic E-state index is 0.566. The first-order chi connectivity index (χ1) is 27.7. The fraction of sp³-hybridized carbons (Fsp3) is 0.0196. The van der Waals surface area contributed by atoms with Crippen LogP contribution in [0.2, 0.25) is 0 Å². The Kier molecular flexibility index (Phi) is 7.32. The first-order valence-corrected chi connectivity index (χ1v) is 18.8. The Morgan fingerprint density at radius 2 is 0.750 bits per heavy atom. The molecule has 262 valence electrons. The number of hydrogen-bond donors (Lipinski definition) is 0. The average molecular weight is 717 g/mol. The first kappa shape index (κ1) is 32.0. The fourth-order valence-electron chi connectivity index (χ4n) is 8.52. The highest BCUT2D eigenvalue weighted by atomic mass is 16.5. The third kappa shape index (κ3) is 5.02. The van der Waals surface area contributed by atoms with Gasteiger partial charge in [0.05, 0.1) is 16.8 Å². The molecule has 11 rings (SSSR count). The summed E-state index contributed by atoms with van der Waals surface area (Å²) in [4.78, 5) is 20.7. The summed E-state index contributed by atoms with van der Waals surface area (Å²) in [6.07, 6.45) is 0. The number of nitrogens with zero attached hydrogens (tertiary/aromatic N) is 4. The summed E-state index contributed by atoms with van der Waals surface area (Å²) in [5.74, 6) is 3.40. The van der Waals surface area contributed by atoms with Crippen LogP contribution >= 0.6 is 0 Å². The molecule has 0 unspecified atom stereocenters. The minimum Gasteiger partial charge on any atom is -0.457 e. The van der Waals surface area contributed by atoms with Gasteiger partial charge in [0.2, 0.25) is 0 Å². The summed E-state index contributed by atoms with van der Waals surface area (Å²) in [7, 11) is 0. The van der Waals surface area contributed by atoms with E-state index >= 15 is 0 Å². The smallest absolute Gasteiger partial charge is 0.164 e. The summed E-state index contributed by atoms with van der Waals surface area (Å²) in [6, 6.07) is 67.1. The van der Waals surface area contributed by atoms with Crippen molar-refractivity contribution in [2.24, 2.45) is 0 Å². The van der Waals surface area contributed by atoms with Crippen LogP contribution in [0.3, 0.4) is 0 Å². The van der Waals surface area contributed by atoms with E-state index in [0.717, 1.165) is 61.8 Å². The molecule has 0 fully saturated rings. The van der Waals surface area contributed by atoms with Gasteiger partial charge in [-0.15, -0.1) is 0 Å². The molecular formula is C51H32N4O. The zero-order chi connectivity index (χ0) is 37.1. The summed E-state index contributed by atoms with van der Waals surface area (Å²) >= 11 is 0. The van der Waals surface area contributed by atoms with Crippen molar-refractivity contribution in [2.45, 2.75) is 5.41 Å². The lowest BCUT2D eigenvalue weighted by atomic mass is 9.66. The van der Waals surface area contributed by atoms with E-state index < -0.39 is 5.41 Å². The van der Waals surface area contributed by atoms with Gasteiger partial charge in [-0.1, -0.05) is 158 Å². The van der Waals surface area contributed by atoms with Gasteiger partial charge in [0.25, 0.3) is 0 Å². The molecular weight excluding hydrogens is 685 g/mol. The van der Waals surface area contributed by atoms with Gasteiger partial charge in [-0.2, -0.15) is 0 Å². The second kappa shape index (κ2) is 12.8. The van der Waals surface area contributed by atoms with Crippen LogP contribution in [0.4, 0.5) is 0 Å². The Morgan fingerprint density at radius 3 is 1.34 bits per heavy atom. The molecule has 0 bridgehead atoms. The molecule has 0 N–H and O–H groups in total. The van der Waals surface area contributed by atoms with Gasteiger partial charge in [-0.25, -0.2) is 19.9 Å². The average Bonchev–Trinajstić information content (AvgIpc) is 3.57. The number of fused-ring (bicyclic) bond motifs is 9. The maximum absolute atomic E-state index is 6.72. The maximum Gasteiger partial charge on any atom is 0.164 e. The third-order valence-electron chi connectivity index (χ3n) is 11.0. The standard InChI is InChI=1S/C51H32N4O/c1-4-16-33(17-5-1)44-31-37(32-45(52-44)34-18-6-2-7-19-34)50-54-48(35-20-8-3-9-21-35)53-49(55-50)36-28-29-47-43(30-36)51(42-26-14-15-27-46(42)56-47)40-24-12-10-22-38(40)39-23-11-13-25-41(39)51/h1-32H. The van der Waals surface area contributed by atoms with Crippen LogP contribution in [0.1, 0.15) is 22.3 Å². The molecule has 2 aliphatic rings. The van der Waals surface area contributed by atoms with E-state index in [1.54, 1.807) is 0 Å². The molecule has 56 heavy (non-hydrogen) atoms. The molecule has 1 aliphatic heterocycles. The summed E-state index contributed by atoms with van der Waals surface area (Å²) in [5.41, 5.74) is 12.8. The van der Waals surface area contributed by atoms with Gasteiger partial charge in [-0.3, -0.25) is 0 Å².